The van der Waals surface area contributed by atoms with E-state index >= 15 is 0 Å². The second-order valence-corrected chi connectivity index (χ2v) is 7.79. The van der Waals surface area contributed by atoms with Crippen LogP contribution in [0.25, 0.3) is 0 Å². The fourth-order valence-electron chi connectivity index (χ4n) is 3.26. The number of hydrogen-bond acceptors (Lipinski definition) is 1. The van der Waals surface area contributed by atoms with Crippen LogP contribution in [0.1, 0.15) is 28.4 Å². The molecule has 0 saturated carbocycles. The number of fused-ring (bicyclic) bond motifs is 1. The van der Waals surface area contributed by atoms with Crippen LogP contribution in [0.3, 0.4) is 0 Å². The molecule has 2 atom stereocenters. The molecule has 114 valence electrons. The highest BCUT2D eigenvalue weighted by atomic mass is 127. The quantitative estimate of drug-likeness (QED) is 0.427. The van der Waals surface area contributed by atoms with Crippen LogP contribution < -0.4 is 0 Å². The van der Waals surface area contributed by atoms with Crippen LogP contribution in [-0.2, 0) is 13.0 Å². The Balaban J connectivity index is 1.82. The van der Waals surface area contributed by atoms with Crippen molar-refractivity contribution in [2.75, 3.05) is 13.6 Å². The fraction of sp³-hybridized carbons (Fsp3) is 0.316. The maximum atomic E-state index is 12.7. The van der Waals surface area contributed by atoms with Crippen LogP contribution >= 0.6 is 22.6 Å². The zero-order valence-electron chi connectivity index (χ0n) is 13.1. The SMILES string of the molecule is C[C@H]1Cc2ccccc2C[N@+]1(C)CC(=O)c1ccc(I)cc1. The van der Waals surface area contributed by atoms with Crippen molar-refractivity contribution in [1.82, 2.24) is 0 Å². The molecule has 0 bridgehead atoms. The van der Waals surface area contributed by atoms with Gasteiger partial charge < -0.3 is 4.48 Å². The van der Waals surface area contributed by atoms with Crippen molar-refractivity contribution >= 4 is 28.4 Å². The van der Waals surface area contributed by atoms with Crippen molar-refractivity contribution in [3.05, 3.63) is 68.8 Å². The first-order valence-corrected chi connectivity index (χ1v) is 8.75. The van der Waals surface area contributed by atoms with Crippen LogP contribution in [0.5, 0.6) is 0 Å². The molecule has 0 fully saturated rings. The number of Topliss-reactive ketones (excluding diaryl/α,β-unsaturated/α-hetero) is 1. The highest BCUT2D eigenvalue weighted by Crippen LogP contribution is 2.28. The van der Waals surface area contributed by atoms with Gasteiger partial charge in [-0.2, -0.15) is 0 Å². The summed E-state index contributed by atoms with van der Waals surface area (Å²) in [6, 6.07) is 17.0. The molecule has 1 aliphatic heterocycles. The number of carbonyl (C=O) groups is 1. The Kier molecular flexibility index (Phi) is 4.37. The lowest BCUT2D eigenvalue weighted by Crippen LogP contribution is -2.56. The van der Waals surface area contributed by atoms with Gasteiger partial charge in [-0.25, -0.2) is 0 Å². The highest BCUT2D eigenvalue weighted by molar-refractivity contribution is 14.1. The summed E-state index contributed by atoms with van der Waals surface area (Å²) < 4.78 is 1.96. The van der Waals surface area contributed by atoms with E-state index in [0.717, 1.165) is 26.6 Å². The molecule has 2 aromatic rings. The van der Waals surface area contributed by atoms with E-state index in [1.165, 1.54) is 11.1 Å². The minimum atomic E-state index is 0.241. The van der Waals surface area contributed by atoms with Gasteiger partial charge in [0.2, 0.25) is 5.78 Å². The lowest BCUT2D eigenvalue weighted by molar-refractivity contribution is -0.938. The van der Waals surface area contributed by atoms with Gasteiger partial charge in [0.25, 0.3) is 0 Å². The first-order valence-electron chi connectivity index (χ1n) is 7.68. The fourth-order valence-corrected chi connectivity index (χ4v) is 3.62. The molecule has 0 aromatic heterocycles. The second-order valence-electron chi connectivity index (χ2n) is 6.55. The summed E-state index contributed by atoms with van der Waals surface area (Å²) in [5.41, 5.74) is 3.65. The van der Waals surface area contributed by atoms with Gasteiger partial charge in [-0.15, -0.1) is 0 Å². The molecule has 2 aromatic carbocycles. The summed E-state index contributed by atoms with van der Waals surface area (Å²) >= 11 is 2.27. The molecule has 0 N–H and O–H groups in total. The van der Waals surface area contributed by atoms with Crippen LogP contribution in [0.15, 0.2) is 48.5 Å². The van der Waals surface area contributed by atoms with Gasteiger partial charge in [0.05, 0.1) is 13.1 Å². The molecular weight excluding hydrogens is 385 g/mol. The van der Waals surface area contributed by atoms with Gasteiger partial charge in [-0.05, 0) is 47.2 Å². The Bertz CT molecular complexity index is 695. The van der Waals surface area contributed by atoms with E-state index in [1.54, 1.807) is 0 Å². The lowest BCUT2D eigenvalue weighted by atomic mass is 9.92. The van der Waals surface area contributed by atoms with E-state index < -0.39 is 0 Å². The number of ketones is 1. The Morgan fingerprint density at radius 1 is 1.14 bits per heavy atom. The van der Waals surface area contributed by atoms with Crippen molar-refractivity contribution in [2.24, 2.45) is 0 Å². The number of quaternary nitrogens is 1. The Hall–Kier alpha value is -1.20. The average Bonchev–Trinajstić information content (AvgIpc) is 2.49. The molecule has 0 spiro atoms. The summed E-state index contributed by atoms with van der Waals surface area (Å²) in [7, 11) is 2.21. The smallest absolute Gasteiger partial charge is 0.216 e. The monoisotopic (exact) mass is 406 g/mol. The standard InChI is InChI=1S/C19H21INO/c1-14-11-16-5-3-4-6-17(16)12-21(14,2)13-19(22)15-7-9-18(20)10-8-15/h3-10,14H,11-13H2,1-2H3/q+1/t14-,21+/m0/s1. The largest absolute Gasteiger partial charge is 0.313 e. The molecule has 1 aliphatic rings. The minimum Gasteiger partial charge on any atom is -0.313 e. The third-order valence-electron chi connectivity index (χ3n) is 4.90. The molecular formula is C19H21INO+. The van der Waals surface area contributed by atoms with Gasteiger partial charge in [0, 0.05) is 21.1 Å². The summed E-state index contributed by atoms with van der Waals surface area (Å²) in [5, 5.41) is 0. The van der Waals surface area contributed by atoms with Crippen molar-refractivity contribution in [2.45, 2.75) is 25.9 Å². The molecule has 0 radical (unpaired) electrons. The first kappa shape index (κ1) is 15.7. The van der Waals surface area contributed by atoms with Gasteiger partial charge in [-0.3, -0.25) is 4.79 Å². The van der Waals surface area contributed by atoms with Crippen LogP contribution in [0, 0.1) is 3.57 Å². The number of nitrogens with zero attached hydrogens (tertiary/aromatic N) is 1. The molecule has 3 heteroatoms. The molecule has 0 amide bonds. The maximum Gasteiger partial charge on any atom is 0.216 e. The molecule has 22 heavy (non-hydrogen) atoms. The normalized spacial score (nSPS) is 23.9. The van der Waals surface area contributed by atoms with Gasteiger partial charge in [-0.1, -0.05) is 36.4 Å². The molecule has 1 heterocycles. The Morgan fingerprint density at radius 3 is 2.45 bits per heavy atom. The summed E-state index contributed by atoms with van der Waals surface area (Å²) in [6.45, 7) is 3.76. The van der Waals surface area contributed by atoms with E-state index in [-0.39, 0.29) is 5.78 Å². The minimum absolute atomic E-state index is 0.241. The number of rotatable bonds is 3. The van der Waals surface area contributed by atoms with Crippen molar-refractivity contribution in [1.29, 1.82) is 0 Å². The predicted octanol–water partition coefficient (Wildman–Crippen LogP) is 4.07. The van der Waals surface area contributed by atoms with E-state index in [0.29, 0.717) is 12.6 Å². The van der Waals surface area contributed by atoms with E-state index in [2.05, 4.69) is 60.8 Å². The number of halogens is 1. The maximum absolute atomic E-state index is 12.7. The number of likely N-dealkylation sites (N-methyl/N-ethyl adjacent to an activating group) is 1. The summed E-state index contributed by atoms with van der Waals surface area (Å²) in [6.07, 6.45) is 1.05. The second kappa shape index (κ2) is 6.13. The first-order chi connectivity index (χ1) is 10.5. The van der Waals surface area contributed by atoms with Crippen LogP contribution in [0.2, 0.25) is 0 Å². The topological polar surface area (TPSA) is 17.1 Å². The van der Waals surface area contributed by atoms with Gasteiger partial charge in [0.1, 0.15) is 13.1 Å². The molecule has 3 rings (SSSR count). The molecule has 0 saturated heterocycles. The van der Waals surface area contributed by atoms with Gasteiger partial charge in [0.15, 0.2) is 0 Å². The Morgan fingerprint density at radius 2 is 1.77 bits per heavy atom. The zero-order chi connectivity index (χ0) is 15.7. The molecule has 0 unspecified atom stereocenters. The summed E-state index contributed by atoms with van der Waals surface area (Å²) in [5.74, 6) is 0.241. The predicted molar refractivity (Wildman–Crippen MR) is 97.9 cm³/mol. The Labute approximate surface area is 145 Å². The van der Waals surface area contributed by atoms with Gasteiger partial charge >= 0.3 is 0 Å². The van der Waals surface area contributed by atoms with Crippen molar-refractivity contribution in [3.63, 3.8) is 0 Å². The van der Waals surface area contributed by atoms with E-state index in [1.807, 2.05) is 24.3 Å². The zero-order valence-corrected chi connectivity index (χ0v) is 15.2. The average molecular weight is 406 g/mol. The third-order valence-corrected chi connectivity index (χ3v) is 5.62. The molecule has 0 aliphatic carbocycles. The lowest BCUT2D eigenvalue weighted by Gasteiger charge is -2.43. The van der Waals surface area contributed by atoms with Crippen molar-refractivity contribution < 1.29 is 9.28 Å². The highest BCUT2D eigenvalue weighted by Gasteiger charge is 2.36. The summed E-state index contributed by atoms with van der Waals surface area (Å²) in [4.78, 5) is 12.7. The number of carbonyl (C=O) groups excluding carboxylic acids is 1. The van der Waals surface area contributed by atoms with Crippen LogP contribution in [0.4, 0.5) is 0 Å². The third kappa shape index (κ3) is 3.10. The number of hydrogen-bond donors (Lipinski definition) is 0. The van der Waals surface area contributed by atoms with E-state index in [9.17, 15) is 4.79 Å². The van der Waals surface area contributed by atoms with Crippen molar-refractivity contribution in [3.8, 4) is 0 Å². The number of benzene rings is 2. The van der Waals surface area contributed by atoms with Crippen LogP contribution in [-0.4, -0.2) is 29.9 Å². The van der Waals surface area contributed by atoms with E-state index in [4.69, 9.17) is 0 Å². The molecule has 2 nitrogen and oxygen atoms in total.